The Hall–Kier alpha value is -0.220. The normalized spacial score (nSPS) is 14.9. The molecule has 5 heteroatoms. The molecular formula is C15H21Cl2NOS. The molecule has 1 aromatic rings. The Labute approximate surface area is 136 Å². The van der Waals surface area contributed by atoms with Crippen molar-refractivity contribution in [3.63, 3.8) is 0 Å². The number of halogens is 2. The van der Waals surface area contributed by atoms with Crippen LogP contribution in [0.15, 0.2) is 18.2 Å². The highest BCUT2D eigenvalue weighted by Gasteiger charge is 2.33. The van der Waals surface area contributed by atoms with Gasteiger partial charge in [0.2, 0.25) is 0 Å². The topological polar surface area (TPSA) is 43.1 Å². The minimum absolute atomic E-state index is 0.0833. The van der Waals surface area contributed by atoms with Gasteiger partial charge in [-0.1, -0.05) is 50.0 Å². The van der Waals surface area contributed by atoms with Crippen LogP contribution in [-0.2, 0) is 4.79 Å². The van der Waals surface area contributed by atoms with Gasteiger partial charge in [0.15, 0.2) is 5.12 Å². The van der Waals surface area contributed by atoms with Crippen molar-refractivity contribution in [2.45, 2.75) is 45.6 Å². The second kappa shape index (κ2) is 7.17. The van der Waals surface area contributed by atoms with E-state index in [4.69, 9.17) is 28.9 Å². The maximum absolute atomic E-state index is 11.4. The third-order valence-electron chi connectivity index (χ3n) is 4.01. The second-order valence-electron chi connectivity index (χ2n) is 5.75. The molecule has 2 atom stereocenters. The highest BCUT2D eigenvalue weighted by Crippen LogP contribution is 2.37. The molecule has 0 bridgehead atoms. The lowest BCUT2D eigenvalue weighted by molar-refractivity contribution is -0.111. The first-order valence-electron chi connectivity index (χ1n) is 6.61. The van der Waals surface area contributed by atoms with Crippen LogP contribution in [0.4, 0.5) is 0 Å². The maximum atomic E-state index is 11.4. The fourth-order valence-corrected chi connectivity index (χ4v) is 2.67. The number of rotatable bonds is 6. The lowest BCUT2D eigenvalue weighted by atomic mass is 9.73. The van der Waals surface area contributed by atoms with Crippen molar-refractivity contribution in [1.82, 2.24) is 0 Å². The zero-order valence-corrected chi connectivity index (χ0v) is 14.4. The van der Waals surface area contributed by atoms with E-state index in [-0.39, 0.29) is 28.9 Å². The van der Waals surface area contributed by atoms with Gasteiger partial charge in [-0.25, -0.2) is 0 Å². The maximum Gasteiger partial charge on any atom is 0.186 e. The number of hydrogen-bond donors (Lipinski definition) is 2. The van der Waals surface area contributed by atoms with Crippen LogP contribution < -0.4 is 5.73 Å². The van der Waals surface area contributed by atoms with Crippen molar-refractivity contribution in [3.8, 4) is 0 Å². The van der Waals surface area contributed by atoms with Gasteiger partial charge in [0.05, 0.1) is 10.0 Å². The standard InChI is InChI=1S/C15H21Cl2NOS/c1-4-15(2,3)14(18)10(8-13(19)20)9-5-6-11(16)12(17)7-9/h5-7,10,14H,4,8,18H2,1-3H3,(H,19,20). The highest BCUT2D eigenvalue weighted by molar-refractivity contribution is 7.96. The molecule has 0 amide bonds. The van der Waals surface area contributed by atoms with Crippen molar-refractivity contribution >= 4 is 40.9 Å². The SMILES string of the molecule is CCC(C)(C)C(N)C(CC(=O)S)c1ccc(Cl)c(Cl)c1. The molecule has 2 unspecified atom stereocenters. The Morgan fingerprint density at radius 3 is 2.40 bits per heavy atom. The van der Waals surface area contributed by atoms with E-state index in [9.17, 15) is 4.79 Å². The molecule has 0 heterocycles. The molecule has 0 radical (unpaired) electrons. The molecule has 2 N–H and O–H groups in total. The summed E-state index contributed by atoms with van der Waals surface area (Å²) in [7, 11) is 0. The van der Waals surface area contributed by atoms with Crippen molar-refractivity contribution in [1.29, 1.82) is 0 Å². The number of carbonyl (C=O) groups excluding carboxylic acids is 1. The monoisotopic (exact) mass is 333 g/mol. The first kappa shape index (κ1) is 17.8. The molecule has 1 aromatic carbocycles. The Morgan fingerprint density at radius 1 is 1.35 bits per heavy atom. The lowest BCUT2D eigenvalue weighted by Crippen LogP contribution is -2.42. The Bertz CT molecular complexity index is 491. The summed E-state index contributed by atoms with van der Waals surface area (Å²) < 4.78 is 0. The molecular weight excluding hydrogens is 313 g/mol. The van der Waals surface area contributed by atoms with Crippen molar-refractivity contribution in [2.75, 3.05) is 0 Å². The fourth-order valence-electron chi connectivity index (χ4n) is 2.16. The van der Waals surface area contributed by atoms with Crippen molar-refractivity contribution in [3.05, 3.63) is 33.8 Å². The predicted octanol–water partition coefficient (Wildman–Crippen LogP) is 4.69. The highest BCUT2D eigenvalue weighted by atomic mass is 35.5. The van der Waals surface area contributed by atoms with E-state index in [2.05, 4.69) is 33.4 Å². The van der Waals surface area contributed by atoms with E-state index in [1.165, 1.54) is 0 Å². The first-order chi connectivity index (χ1) is 9.19. The van der Waals surface area contributed by atoms with E-state index in [1.807, 2.05) is 6.07 Å². The summed E-state index contributed by atoms with van der Waals surface area (Å²) in [6.07, 6.45) is 1.21. The van der Waals surface area contributed by atoms with Gasteiger partial charge in [-0.3, -0.25) is 4.79 Å². The minimum atomic E-state index is -0.177. The molecule has 0 aromatic heterocycles. The van der Waals surface area contributed by atoms with Gasteiger partial charge in [-0.05, 0) is 29.5 Å². The molecule has 0 aliphatic heterocycles. The van der Waals surface area contributed by atoms with Crippen LogP contribution >= 0.6 is 35.8 Å². The summed E-state index contributed by atoms with van der Waals surface area (Å²) in [5, 5.41) is 0.792. The van der Waals surface area contributed by atoms with Crippen LogP contribution in [0.3, 0.4) is 0 Å². The number of thiol groups is 1. The molecule has 0 saturated carbocycles. The summed E-state index contributed by atoms with van der Waals surface area (Å²) in [6.45, 7) is 6.30. The van der Waals surface area contributed by atoms with Crippen LogP contribution in [0.1, 0.15) is 45.1 Å². The van der Waals surface area contributed by atoms with Gasteiger partial charge in [0.25, 0.3) is 0 Å². The summed E-state index contributed by atoms with van der Waals surface area (Å²) in [4.78, 5) is 11.4. The Kier molecular flexibility index (Phi) is 6.39. The van der Waals surface area contributed by atoms with Gasteiger partial charge < -0.3 is 5.73 Å². The summed E-state index contributed by atoms with van der Waals surface area (Å²) in [5.41, 5.74) is 7.26. The predicted molar refractivity (Wildman–Crippen MR) is 89.9 cm³/mol. The lowest BCUT2D eigenvalue weighted by Gasteiger charge is -2.36. The largest absolute Gasteiger partial charge is 0.327 e. The van der Waals surface area contributed by atoms with E-state index in [1.54, 1.807) is 12.1 Å². The smallest absolute Gasteiger partial charge is 0.186 e. The van der Waals surface area contributed by atoms with Crippen LogP contribution in [0.5, 0.6) is 0 Å². The van der Waals surface area contributed by atoms with Gasteiger partial charge in [0, 0.05) is 18.4 Å². The zero-order valence-electron chi connectivity index (χ0n) is 12.0. The summed E-state index contributed by atoms with van der Waals surface area (Å²) >= 11 is 15.9. The molecule has 20 heavy (non-hydrogen) atoms. The average molecular weight is 334 g/mol. The van der Waals surface area contributed by atoms with Crippen LogP contribution in [-0.4, -0.2) is 11.2 Å². The van der Waals surface area contributed by atoms with E-state index in [0.29, 0.717) is 10.0 Å². The van der Waals surface area contributed by atoms with Crippen LogP contribution in [0, 0.1) is 5.41 Å². The molecule has 0 spiro atoms. The third-order valence-corrected chi connectivity index (χ3v) is 4.94. The van der Waals surface area contributed by atoms with Gasteiger partial charge in [0.1, 0.15) is 0 Å². The third kappa shape index (κ3) is 4.39. The fraction of sp³-hybridized carbons (Fsp3) is 0.533. The molecule has 2 nitrogen and oxygen atoms in total. The molecule has 0 saturated heterocycles. The Morgan fingerprint density at radius 2 is 1.95 bits per heavy atom. The summed E-state index contributed by atoms with van der Waals surface area (Å²) in [5.74, 6) is -0.121. The molecule has 0 aliphatic rings. The second-order valence-corrected chi connectivity index (χ2v) is 7.06. The molecule has 0 fully saturated rings. The molecule has 112 valence electrons. The minimum Gasteiger partial charge on any atom is -0.327 e. The van der Waals surface area contributed by atoms with Crippen molar-refractivity contribution in [2.24, 2.45) is 11.1 Å². The first-order valence-corrected chi connectivity index (χ1v) is 7.81. The average Bonchev–Trinajstić information content (AvgIpc) is 2.38. The number of benzene rings is 1. The summed E-state index contributed by atoms with van der Waals surface area (Å²) in [6, 6.07) is 5.24. The van der Waals surface area contributed by atoms with Gasteiger partial charge in [-0.15, -0.1) is 12.6 Å². The quantitative estimate of drug-likeness (QED) is 0.742. The van der Waals surface area contributed by atoms with E-state index in [0.717, 1.165) is 12.0 Å². The molecule has 0 aliphatic carbocycles. The van der Waals surface area contributed by atoms with Gasteiger partial charge in [-0.2, -0.15) is 0 Å². The number of hydrogen-bond acceptors (Lipinski definition) is 2. The number of carbonyl (C=O) groups is 1. The van der Waals surface area contributed by atoms with Crippen LogP contribution in [0.25, 0.3) is 0 Å². The van der Waals surface area contributed by atoms with E-state index < -0.39 is 0 Å². The Balaban J connectivity index is 3.17. The van der Waals surface area contributed by atoms with Gasteiger partial charge >= 0.3 is 0 Å². The number of nitrogens with two attached hydrogens (primary N) is 1. The van der Waals surface area contributed by atoms with Crippen molar-refractivity contribution < 1.29 is 4.79 Å². The van der Waals surface area contributed by atoms with E-state index >= 15 is 0 Å². The molecule has 1 rings (SSSR count). The van der Waals surface area contributed by atoms with Crippen LogP contribution in [0.2, 0.25) is 10.0 Å². The zero-order chi connectivity index (χ0) is 15.5.